The van der Waals surface area contributed by atoms with Gasteiger partial charge in [0, 0.05) is 55.3 Å². The van der Waals surface area contributed by atoms with E-state index in [4.69, 9.17) is 0 Å². The molecule has 2 aromatic heterocycles. The Bertz CT molecular complexity index is 1300. The first-order valence-electron chi connectivity index (χ1n) is 11.1. The highest BCUT2D eigenvalue weighted by atomic mass is 16.3. The van der Waals surface area contributed by atoms with Crippen molar-refractivity contribution in [1.82, 2.24) is 24.8 Å². The molecule has 1 fully saturated rings. The number of carbonyl (C=O) groups excluding carboxylic acids is 1. The smallest absolute Gasteiger partial charge is 0.253 e. The summed E-state index contributed by atoms with van der Waals surface area (Å²) in [5.74, 6) is 1.12. The first-order valence-corrected chi connectivity index (χ1v) is 11.1. The Labute approximate surface area is 197 Å². The third-order valence-corrected chi connectivity index (χ3v) is 6.03. The minimum absolute atomic E-state index is 0.0216. The van der Waals surface area contributed by atoms with Crippen LogP contribution in [0.15, 0.2) is 73.4 Å². The number of anilines is 1. The second kappa shape index (κ2) is 9.27. The number of carbonyl (C=O) groups is 1. The average Bonchev–Trinajstić information content (AvgIpc) is 2.90. The van der Waals surface area contributed by atoms with E-state index < -0.39 is 0 Å². The predicted molar refractivity (Wildman–Crippen MR) is 129 cm³/mol. The van der Waals surface area contributed by atoms with Gasteiger partial charge in [-0.25, -0.2) is 15.0 Å². The maximum absolute atomic E-state index is 13.0. The van der Waals surface area contributed by atoms with Crippen LogP contribution in [0.4, 0.5) is 5.82 Å². The van der Waals surface area contributed by atoms with Gasteiger partial charge in [-0.2, -0.15) is 0 Å². The van der Waals surface area contributed by atoms with Crippen LogP contribution in [0.1, 0.15) is 15.9 Å². The molecule has 170 valence electrons. The Morgan fingerprint density at radius 3 is 2.24 bits per heavy atom. The summed E-state index contributed by atoms with van der Waals surface area (Å²) in [5, 5.41) is 9.78. The summed E-state index contributed by atoms with van der Waals surface area (Å²) in [5.41, 5.74) is 4.80. The second-order valence-corrected chi connectivity index (χ2v) is 8.21. The van der Waals surface area contributed by atoms with Crippen molar-refractivity contribution in [3.63, 3.8) is 0 Å². The molecule has 1 saturated heterocycles. The largest absolute Gasteiger partial charge is 0.508 e. The molecule has 0 unspecified atom stereocenters. The molecule has 1 aliphatic rings. The van der Waals surface area contributed by atoms with Gasteiger partial charge in [-0.3, -0.25) is 9.78 Å². The Morgan fingerprint density at radius 2 is 1.56 bits per heavy atom. The number of phenols is 1. The van der Waals surface area contributed by atoms with Gasteiger partial charge >= 0.3 is 0 Å². The van der Waals surface area contributed by atoms with Gasteiger partial charge in [-0.05, 0) is 48.9 Å². The predicted octanol–water partition coefficient (Wildman–Crippen LogP) is 3.58. The molecule has 0 bridgehead atoms. The number of aromatic hydroxyl groups is 1. The fraction of sp³-hybridized carbons (Fsp3) is 0.192. The molecule has 8 heteroatoms. The van der Waals surface area contributed by atoms with Crippen molar-refractivity contribution in [3.8, 4) is 28.3 Å². The molecule has 0 spiro atoms. The highest BCUT2D eigenvalue weighted by Gasteiger charge is 2.23. The molecule has 1 aliphatic heterocycles. The van der Waals surface area contributed by atoms with Crippen molar-refractivity contribution in [3.05, 3.63) is 84.6 Å². The normalized spacial score (nSPS) is 13.7. The quantitative estimate of drug-likeness (QED) is 0.506. The molecule has 0 atom stereocenters. The zero-order valence-corrected chi connectivity index (χ0v) is 18.8. The van der Waals surface area contributed by atoms with Gasteiger partial charge in [0.15, 0.2) is 0 Å². The summed E-state index contributed by atoms with van der Waals surface area (Å²) in [4.78, 5) is 34.3. The number of aromatic nitrogens is 4. The zero-order valence-electron chi connectivity index (χ0n) is 18.8. The number of nitrogens with zero attached hydrogens (tertiary/aromatic N) is 6. The van der Waals surface area contributed by atoms with Gasteiger partial charge in [0.05, 0.1) is 17.6 Å². The Kier molecular flexibility index (Phi) is 5.86. The number of amides is 1. The van der Waals surface area contributed by atoms with E-state index in [1.807, 2.05) is 54.3 Å². The van der Waals surface area contributed by atoms with Crippen LogP contribution < -0.4 is 4.90 Å². The summed E-state index contributed by atoms with van der Waals surface area (Å²) in [6.07, 6.45) is 6.62. The first kappa shape index (κ1) is 21.5. The molecule has 0 radical (unpaired) electrons. The molecular formula is C26H24N6O2. The van der Waals surface area contributed by atoms with E-state index >= 15 is 0 Å². The second-order valence-electron chi connectivity index (χ2n) is 8.21. The zero-order chi connectivity index (χ0) is 23.5. The molecule has 3 heterocycles. The van der Waals surface area contributed by atoms with Crippen LogP contribution in [0, 0.1) is 6.92 Å². The van der Waals surface area contributed by atoms with Gasteiger partial charge in [0.2, 0.25) is 0 Å². The maximum atomic E-state index is 13.0. The number of phenolic OH excluding ortho intramolecular Hbond substituents is 1. The van der Waals surface area contributed by atoms with Gasteiger partial charge in [0.1, 0.15) is 17.9 Å². The molecule has 34 heavy (non-hydrogen) atoms. The highest BCUT2D eigenvalue weighted by Crippen LogP contribution is 2.27. The Balaban J connectivity index is 1.28. The highest BCUT2D eigenvalue weighted by molar-refractivity contribution is 5.94. The lowest BCUT2D eigenvalue weighted by Gasteiger charge is -2.35. The minimum atomic E-state index is 0.0216. The summed E-state index contributed by atoms with van der Waals surface area (Å²) in [6.45, 7) is 4.58. The van der Waals surface area contributed by atoms with Crippen molar-refractivity contribution in [1.29, 1.82) is 0 Å². The van der Waals surface area contributed by atoms with Crippen LogP contribution in [0.25, 0.3) is 22.5 Å². The standard InChI is InChI=1S/C26H24N6O2/c1-18-14-21(6-7-24(18)33)23-15-22(29-17-30-23)19-2-4-20(5-3-19)26(34)32-12-10-31(11-13-32)25-16-27-8-9-28-25/h2-9,14-17,33H,10-13H2,1H3. The number of piperazine rings is 1. The van der Waals surface area contributed by atoms with Gasteiger partial charge < -0.3 is 14.9 Å². The van der Waals surface area contributed by atoms with Crippen molar-refractivity contribution in [2.24, 2.45) is 0 Å². The average molecular weight is 453 g/mol. The SMILES string of the molecule is Cc1cc(-c2cc(-c3ccc(C(=O)N4CCN(c5cnccn5)CC4)cc3)ncn2)ccc1O. The first-order chi connectivity index (χ1) is 16.6. The van der Waals surface area contributed by atoms with Crippen molar-refractivity contribution < 1.29 is 9.90 Å². The van der Waals surface area contributed by atoms with E-state index in [1.54, 1.807) is 24.7 Å². The molecule has 8 nitrogen and oxygen atoms in total. The van der Waals surface area contributed by atoms with Gasteiger partial charge in [-0.15, -0.1) is 0 Å². The molecule has 1 amide bonds. The minimum Gasteiger partial charge on any atom is -0.508 e. The van der Waals surface area contributed by atoms with Crippen LogP contribution in [0.5, 0.6) is 5.75 Å². The molecule has 0 aliphatic carbocycles. The Hall–Kier alpha value is -4.33. The summed E-state index contributed by atoms with van der Waals surface area (Å²) < 4.78 is 0. The molecule has 2 aromatic carbocycles. The van der Waals surface area contributed by atoms with Crippen LogP contribution in [0.2, 0.25) is 0 Å². The topological polar surface area (TPSA) is 95.3 Å². The third kappa shape index (κ3) is 4.43. The number of aryl methyl sites for hydroxylation is 1. The van der Waals surface area contributed by atoms with E-state index in [9.17, 15) is 9.90 Å². The van der Waals surface area contributed by atoms with E-state index in [1.165, 1.54) is 6.33 Å². The van der Waals surface area contributed by atoms with Crippen molar-refractivity contribution >= 4 is 11.7 Å². The Morgan fingerprint density at radius 1 is 0.853 bits per heavy atom. The van der Waals surface area contributed by atoms with Crippen LogP contribution >= 0.6 is 0 Å². The lowest BCUT2D eigenvalue weighted by Crippen LogP contribution is -2.49. The molecule has 4 aromatic rings. The summed E-state index contributed by atoms with van der Waals surface area (Å²) in [7, 11) is 0. The van der Waals surface area contributed by atoms with Crippen LogP contribution in [-0.2, 0) is 0 Å². The van der Waals surface area contributed by atoms with E-state index in [-0.39, 0.29) is 11.7 Å². The van der Waals surface area contributed by atoms with Gasteiger partial charge in [0.25, 0.3) is 5.91 Å². The fourth-order valence-electron chi connectivity index (χ4n) is 4.05. The fourth-order valence-corrected chi connectivity index (χ4v) is 4.05. The van der Waals surface area contributed by atoms with Gasteiger partial charge in [-0.1, -0.05) is 12.1 Å². The monoisotopic (exact) mass is 452 g/mol. The lowest BCUT2D eigenvalue weighted by atomic mass is 10.0. The number of rotatable bonds is 4. The molecule has 5 rings (SSSR count). The number of benzene rings is 2. The van der Waals surface area contributed by atoms with E-state index in [0.29, 0.717) is 18.7 Å². The van der Waals surface area contributed by atoms with Crippen molar-refractivity contribution in [2.45, 2.75) is 6.92 Å². The van der Waals surface area contributed by atoms with E-state index in [0.717, 1.165) is 47.0 Å². The third-order valence-electron chi connectivity index (χ3n) is 6.03. The molecular weight excluding hydrogens is 428 g/mol. The maximum Gasteiger partial charge on any atom is 0.253 e. The molecule has 1 N–H and O–H groups in total. The summed E-state index contributed by atoms with van der Waals surface area (Å²) >= 11 is 0. The van der Waals surface area contributed by atoms with Crippen LogP contribution in [-0.4, -0.2) is 62.0 Å². The van der Waals surface area contributed by atoms with Crippen LogP contribution in [0.3, 0.4) is 0 Å². The number of hydrogen-bond acceptors (Lipinski definition) is 7. The summed E-state index contributed by atoms with van der Waals surface area (Å²) in [6, 6.07) is 14.8. The number of hydrogen-bond donors (Lipinski definition) is 1. The lowest BCUT2D eigenvalue weighted by molar-refractivity contribution is 0.0746. The van der Waals surface area contributed by atoms with Crippen molar-refractivity contribution in [2.75, 3.05) is 31.1 Å². The van der Waals surface area contributed by atoms with E-state index in [2.05, 4.69) is 24.8 Å². The molecule has 0 saturated carbocycles.